The van der Waals surface area contributed by atoms with Gasteiger partial charge in [-0.05, 0) is 54.6 Å². The van der Waals surface area contributed by atoms with Gasteiger partial charge in [0.1, 0.15) is 0 Å². The Hall–Kier alpha value is -3.09. The third-order valence-electron chi connectivity index (χ3n) is 4.66. The standard InChI is InChI=1S/C23H17ClN2O3S/c24-16-5-3-4-15(14-16)21(27)25-17-8-10-18(11-9-17)30-13-12-26-22(28)19-6-1-2-7-20(19)23(26)29/h1-11,14H,12-13H2,(H,25,27). The number of carbonyl (C=O) groups excluding carboxylic acids is 3. The van der Waals surface area contributed by atoms with Crippen LogP contribution in [0.25, 0.3) is 0 Å². The Morgan fingerprint density at radius 1 is 0.900 bits per heavy atom. The SMILES string of the molecule is O=C(Nc1ccc(SCCN2C(=O)c3ccccc3C2=O)cc1)c1cccc(Cl)c1. The van der Waals surface area contributed by atoms with Crippen LogP contribution in [-0.2, 0) is 0 Å². The van der Waals surface area contributed by atoms with Crippen molar-refractivity contribution in [1.29, 1.82) is 0 Å². The van der Waals surface area contributed by atoms with E-state index in [9.17, 15) is 14.4 Å². The molecular weight excluding hydrogens is 420 g/mol. The van der Waals surface area contributed by atoms with E-state index in [0.717, 1.165) is 4.90 Å². The highest BCUT2D eigenvalue weighted by molar-refractivity contribution is 7.99. The predicted octanol–water partition coefficient (Wildman–Crippen LogP) is 4.98. The minimum atomic E-state index is -0.240. The fourth-order valence-electron chi connectivity index (χ4n) is 3.16. The first-order valence-electron chi connectivity index (χ1n) is 9.28. The van der Waals surface area contributed by atoms with Crippen LogP contribution in [0, 0.1) is 0 Å². The summed E-state index contributed by atoms with van der Waals surface area (Å²) in [7, 11) is 0. The number of benzene rings is 3. The lowest BCUT2D eigenvalue weighted by Gasteiger charge is -2.13. The molecule has 0 saturated carbocycles. The van der Waals surface area contributed by atoms with Crippen molar-refractivity contribution in [3.63, 3.8) is 0 Å². The number of rotatable bonds is 6. The third-order valence-corrected chi connectivity index (χ3v) is 5.89. The Morgan fingerprint density at radius 3 is 2.20 bits per heavy atom. The number of nitrogens with zero attached hydrogens (tertiary/aromatic N) is 1. The average molecular weight is 437 g/mol. The molecule has 0 radical (unpaired) electrons. The van der Waals surface area contributed by atoms with Crippen LogP contribution in [0.1, 0.15) is 31.1 Å². The first kappa shape index (κ1) is 20.2. The summed E-state index contributed by atoms with van der Waals surface area (Å²) < 4.78 is 0. The molecule has 0 bridgehead atoms. The van der Waals surface area contributed by atoms with Gasteiger partial charge in [0.25, 0.3) is 17.7 Å². The number of thioether (sulfide) groups is 1. The summed E-state index contributed by atoms with van der Waals surface area (Å²) in [5, 5.41) is 3.34. The number of nitrogens with one attached hydrogen (secondary N) is 1. The maximum absolute atomic E-state index is 12.4. The number of hydrogen-bond donors (Lipinski definition) is 1. The Morgan fingerprint density at radius 2 is 1.57 bits per heavy atom. The van der Waals surface area contributed by atoms with Crippen molar-refractivity contribution >= 4 is 46.8 Å². The van der Waals surface area contributed by atoms with Gasteiger partial charge in [0.2, 0.25) is 0 Å². The second-order valence-corrected chi connectivity index (χ2v) is 8.25. The van der Waals surface area contributed by atoms with Gasteiger partial charge in [0.05, 0.1) is 11.1 Å². The van der Waals surface area contributed by atoms with Crippen LogP contribution in [-0.4, -0.2) is 34.9 Å². The van der Waals surface area contributed by atoms with Crippen LogP contribution in [0.15, 0.2) is 77.7 Å². The van der Waals surface area contributed by atoms with E-state index < -0.39 is 0 Å². The summed E-state index contributed by atoms with van der Waals surface area (Å²) in [4.78, 5) is 39.3. The zero-order valence-electron chi connectivity index (χ0n) is 15.8. The van der Waals surface area contributed by atoms with E-state index in [1.165, 1.54) is 16.7 Å². The highest BCUT2D eigenvalue weighted by atomic mass is 35.5. The molecule has 0 atom stereocenters. The van der Waals surface area contributed by atoms with Gasteiger partial charge in [0.15, 0.2) is 0 Å². The molecule has 1 heterocycles. The van der Waals surface area contributed by atoms with Crippen LogP contribution in [0.4, 0.5) is 5.69 Å². The van der Waals surface area contributed by atoms with E-state index in [1.807, 2.05) is 24.3 Å². The van der Waals surface area contributed by atoms with Gasteiger partial charge in [-0.3, -0.25) is 19.3 Å². The maximum atomic E-state index is 12.4. The average Bonchev–Trinajstić information content (AvgIpc) is 3.00. The zero-order valence-corrected chi connectivity index (χ0v) is 17.4. The van der Waals surface area contributed by atoms with Gasteiger partial charge in [-0.2, -0.15) is 0 Å². The van der Waals surface area contributed by atoms with Gasteiger partial charge < -0.3 is 5.32 Å². The summed E-state index contributed by atoms with van der Waals surface area (Å²) in [6.07, 6.45) is 0. The first-order chi connectivity index (χ1) is 14.5. The topological polar surface area (TPSA) is 66.5 Å². The summed E-state index contributed by atoms with van der Waals surface area (Å²) in [6, 6.07) is 21.0. The number of imide groups is 1. The number of anilines is 1. The van der Waals surface area contributed by atoms with Gasteiger partial charge in [-0.25, -0.2) is 0 Å². The normalized spacial score (nSPS) is 12.8. The van der Waals surface area contributed by atoms with E-state index in [1.54, 1.807) is 48.5 Å². The molecule has 30 heavy (non-hydrogen) atoms. The van der Waals surface area contributed by atoms with Gasteiger partial charge in [-0.15, -0.1) is 11.8 Å². The molecule has 1 N–H and O–H groups in total. The Labute approximate surface area is 183 Å². The van der Waals surface area contributed by atoms with Crippen molar-refractivity contribution in [3.05, 3.63) is 94.5 Å². The first-order valence-corrected chi connectivity index (χ1v) is 10.6. The molecule has 150 valence electrons. The lowest BCUT2D eigenvalue weighted by atomic mass is 10.1. The summed E-state index contributed by atoms with van der Waals surface area (Å²) in [6.45, 7) is 0.338. The predicted molar refractivity (Wildman–Crippen MR) is 118 cm³/mol. The van der Waals surface area contributed by atoms with Gasteiger partial charge >= 0.3 is 0 Å². The highest BCUT2D eigenvalue weighted by Crippen LogP contribution is 2.25. The van der Waals surface area contributed by atoms with Crippen molar-refractivity contribution in [2.75, 3.05) is 17.6 Å². The minimum Gasteiger partial charge on any atom is -0.322 e. The largest absolute Gasteiger partial charge is 0.322 e. The number of fused-ring (bicyclic) bond motifs is 1. The molecule has 3 aromatic carbocycles. The molecule has 0 aliphatic carbocycles. The van der Waals surface area contributed by atoms with Crippen molar-refractivity contribution in [1.82, 2.24) is 4.90 Å². The number of halogens is 1. The molecule has 1 aliphatic heterocycles. The number of hydrogen-bond acceptors (Lipinski definition) is 4. The van der Waals surface area contributed by atoms with E-state index in [-0.39, 0.29) is 17.7 Å². The summed E-state index contributed by atoms with van der Waals surface area (Å²) in [5.41, 5.74) is 2.09. The fraction of sp³-hybridized carbons (Fsp3) is 0.0870. The Bertz CT molecular complexity index is 1100. The van der Waals surface area contributed by atoms with E-state index in [0.29, 0.717) is 39.7 Å². The van der Waals surface area contributed by atoms with Crippen molar-refractivity contribution in [2.24, 2.45) is 0 Å². The molecule has 0 fully saturated rings. The molecular formula is C23H17ClN2O3S. The lowest BCUT2D eigenvalue weighted by molar-refractivity contribution is 0.0664. The van der Waals surface area contributed by atoms with E-state index in [2.05, 4.69) is 5.32 Å². The van der Waals surface area contributed by atoms with Gasteiger partial charge in [-0.1, -0.05) is 29.8 Å². The second-order valence-electron chi connectivity index (χ2n) is 6.64. The quantitative estimate of drug-likeness (QED) is 0.437. The maximum Gasteiger partial charge on any atom is 0.261 e. The van der Waals surface area contributed by atoms with Crippen LogP contribution >= 0.6 is 23.4 Å². The molecule has 4 rings (SSSR count). The molecule has 1 aliphatic rings. The monoisotopic (exact) mass is 436 g/mol. The smallest absolute Gasteiger partial charge is 0.261 e. The molecule has 0 saturated heterocycles. The molecule has 3 aromatic rings. The number of carbonyl (C=O) groups is 3. The molecule has 0 unspecified atom stereocenters. The van der Waals surface area contributed by atoms with Crippen molar-refractivity contribution in [3.8, 4) is 0 Å². The van der Waals surface area contributed by atoms with Crippen LogP contribution in [0.3, 0.4) is 0 Å². The highest BCUT2D eigenvalue weighted by Gasteiger charge is 2.34. The Kier molecular flexibility index (Phi) is 5.88. The second kappa shape index (κ2) is 8.73. The van der Waals surface area contributed by atoms with Crippen LogP contribution < -0.4 is 5.32 Å². The fourth-order valence-corrected chi connectivity index (χ4v) is 4.19. The third kappa shape index (κ3) is 4.25. The Balaban J connectivity index is 1.31. The van der Waals surface area contributed by atoms with Crippen LogP contribution in [0.2, 0.25) is 5.02 Å². The summed E-state index contributed by atoms with van der Waals surface area (Å²) >= 11 is 7.46. The van der Waals surface area contributed by atoms with E-state index >= 15 is 0 Å². The van der Waals surface area contributed by atoms with Crippen LogP contribution in [0.5, 0.6) is 0 Å². The minimum absolute atomic E-state index is 0.233. The van der Waals surface area contributed by atoms with Gasteiger partial charge in [0, 0.05) is 33.5 Å². The number of amides is 3. The van der Waals surface area contributed by atoms with Crippen molar-refractivity contribution in [2.45, 2.75) is 4.90 Å². The molecule has 3 amide bonds. The molecule has 0 spiro atoms. The zero-order chi connectivity index (χ0) is 21.1. The van der Waals surface area contributed by atoms with E-state index in [4.69, 9.17) is 11.6 Å². The summed E-state index contributed by atoms with van der Waals surface area (Å²) in [5.74, 6) is -0.131. The molecule has 5 nitrogen and oxygen atoms in total. The van der Waals surface area contributed by atoms with Crippen molar-refractivity contribution < 1.29 is 14.4 Å². The molecule has 7 heteroatoms. The lowest BCUT2D eigenvalue weighted by Crippen LogP contribution is -2.31. The molecule has 0 aromatic heterocycles.